The summed E-state index contributed by atoms with van der Waals surface area (Å²) in [6, 6.07) is 8.76. The molecule has 1 aromatic rings. The smallest absolute Gasteiger partial charge is 0.0187 e. The SMILES string of the molecule is C=C/C(=C\CC)c1ccc(C(C)C)cc1. The van der Waals surface area contributed by atoms with Gasteiger partial charge in [0.25, 0.3) is 0 Å². The summed E-state index contributed by atoms with van der Waals surface area (Å²) in [6.07, 6.45) is 5.18. The highest BCUT2D eigenvalue weighted by molar-refractivity contribution is 5.73. The summed E-state index contributed by atoms with van der Waals surface area (Å²) in [5.74, 6) is 0.599. The van der Waals surface area contributed by atoms with Gasteiger partial charge in [-0.25, -0.2) is 0 Å². The van der Waals surface area contributed by atoms with Crippen LogP contribution in [0, 0.1) is 0 Å². The third-order valence-corrected chi connectivity index (χ3v) is 2.55. The van der Waals surface area contributed by atoms with Crippen LogP contribution in [0.5, 0.6) is 0 Å². The van der Waals surface area contributed by atoms with Crippen LogP contribution in [0.3, 0.4) is 0 Å². The predicted molar refractivity (Wildman–Crippen MR) is 69.0 cm³/mol. The van der Waals surface area contributed by atoms with Crippen molar-refractivity contribution in [2.45, 2.75) is 33.1 Å². The molecule has 0 fully saturated rings. The fourth-order valence-electron chi connectivity index (χ4n) is 1.60. The zero-order valence-corrected chi connectivity index (χ0v) is 9.96. The topological polar surface area (TPSA) is 0 Å². The third kappa shape index (κ3) is 3.09. The van der Waals surface area contributed by atoms with Crippen LogP contribution in [0.2, 0.25) is 0 Å². The van der Waals surface area contributed by atoms with Crippen molar-refractivity contribution >= 4 is 5.57 Å². The van der Waals surface area contributed by atoms with E-state index in [4.69, 9.17) is 0 Å². The van der Waals surface area contributed by atoms with E-state index >= 15 is 0 Å². The highest BCUT2D eigenvalue weighted by Gasteiger charge is 2.00. The second kappa shape index (κ2) is 5.55. The lowest BCUT2D eigenvalue weighted by Gasteiger charge is -2.07. The Morgan fingerprint density at radius 2 is 1.87 bits per heavy atom. The van der Waals surface area contributed by atoms with Crippen LogP contribution in [-0.4, -0.2) is 0 Å². The van der Waals surface area contributed by atoms with E-state index in [0.29, 0.717) is 5.92 Å². The summed E-state index contributed by atoms with van der Waals surface area (Å²) in [7, 11) is 0. The molecule has 0 aromatic heterocycles. The molecule has 0 amide bonds. The maximum absolute atomic E-state index is 3.85. The first-order valence-electron chi connectivity index (χ1n) is 5.62. The molecule has 0 aliphatic rings. The minimum Gasteiger partial charge on any atom is -0.0985 e. The largest absolute Gasteiger partial charge is 0.0985 e. The molecule has 0 spiro atoms. The Kier molecular flexibility index (Phi) is 4.36. The first-order chi connectivity index (χ1) is 7.19. The predicted octanol–water partition coefficient (Wildman–Crippen LogP) is 4.79. The monoisotopic (exact) mass is 200 g/mol. The van der Waals surface area contributed by atoms with E-state index in [9.17, 15) is 0 Å². The molecule has 0 saturated heterocycles. The molecule has 0 radical (unpaired) electrons. The number of hydrogen-bond acceptors (Lipinski definition) is 0. The van der Waals surface area contributed by atoms with Gasteiger partial charge in [0.2, 0.25) is 0 Å². The van der Waals surface area contributed by atoms with Crippen LogP contribution in [0.1, 0.15) is 44.2 Å². The van der Waals surface area contributed by atoms with E-state index in [0.717, 1.165) is 6.42 Å². The number of allylic oxidation sites excluding steroid dienone is 3. The zero-order chi connectivity index (χ0) is 11.3. The lowest BCUT2D eigenvalue weighted by atomic mass is 9.98. The molecule has 15 heavy (non-hydrogen) atoms. The molecule has 80 valence electrons. The van der Waals surface area contributed by atoms with Crippen LogP contribution in [-0.2, 0) is 0 Å². The van der Waals surface area contributed by atoms with Gasteiger partial charge in [-0.2, -0.15) is 0 Å². The standard InChI is InChI=1S/C15H20/c1-5-7-13(6-2)15-10-8-14(9-11-15)12(3)4/h6-12H,2,5H2,1,3-4H3/b13-7+. The van der Waals surface area contributed by atoms with Crippen molar-refractivity contribution < 1.29 is 0 Å². The summed E-state index contributed by atoms with van der Waals surface area (Å²) >= 11 is 0. The fraction of sp³-hybridized carbons (Fsp3) is 0.333. The van der Waals surface area contributed by atoms with Crippen LogP contribution in [0.4, 0.5) is 0 Å². The maximum Gasteiger partial charge on any atom is -0.0187 e. The number of rotatable bonds is 4. The van der Waals surface area contributed by atoms with E-state index in [1.807, 2.05) is 6.08 Å². The van der Waals surface area contributed by atoms with E-state index in [-0.39, 0.29) is 0 Å². The molecule has 0 heteroatoms. The summed E-state index contributed by atoms with van der Waals surface area (Å²) in [5, 5.41) is 0. The Labute approximate surface area is 93.3 Å². The van der Waals surface area contributed by atoms with Crippen molar-refractivity contribution in [1.29, 1.82) is 0 Å². The Morgan fingerprint density at radius 3 is 2.27 bits per heavy atom. The quantitative estimate of drug-likeness (QED) is 0.613. The summed E-state index contributed by atoms with van der Waals surface area (Å²) in [6.45, 7) is 10.4. The highest BCUT2D eigenvalue weighted by Crippen LogP contribution is 2.20. The van der Waals surface area contributed by atoms with Gasteiger partial charge in [-0.15, -0.1) is 0 Å². The Balaban J connectivity index is 2.97. The van der Waals surface area contributed by atoms with Crippen molar-refractivity contribution in [2.75, 3.05) is 0 Å². The van der Waals surface area contributed by atoms with Gasteiger partial charge in [0.05, 0.1) is 0 Å². The number of hydrogen-bond donors (Lipinski definition) is 0. The molecule has 0 unspecified atom stereocenters. The fourth-order valence-corrected chi connectivity index (χ4v) is 1.60. The lowest BCUT2D eigenvalue weighted by molar-refractivity contribution is 0.866. The van der Waals surface area contributed by atoms with E-state index in [1.165, 1.54) is 16.7 Å². The van der Waals surface area contributed by atoms with Crippen molar-refractivity contribution in [3.8, 4) is 0 Å². The van der Waals surface area contributed by atoms with Gasteiger partial charge in [0.1, 0.15) is 0 Å². The number of benzene rings is 1. The van der Waals surface area contributed by atoms with Gasteiger partial charge >= 0.3 is 0 Å². The second-order valence-corrected chi connectivity index (χ2v) is 4.05. The van der Waals surface area contributed by atoms with Gasteiger partial charge in [0, 0.05) is 0 Å². The Hall–Kier alpha value is -1.30. The van der Waals surface area contributed by atoms with E-state index in [2.05, 4.69) is 57.7 Å². The molecular weight excluding hydrogens is 180 g/mol. The summed E-state index contributed by atoms with van der Waals surface area (Å²) < 4.78 is 0. The van der Waals surface area contributed by atoms with Crippen LogP contribution >= 0.6 is 0 Å². The van der Waals surface area contributed by atoms with Gasteiger partial charge in [0.15, 0.2) is 0 Å². The maximum atomic E-state index is 3.85. The van der Waals surface area contributed by atoms with Crippen LogP contribution in [0.25, 0.3) is 5.57 Å². The molecule has 0 bridgehead atoms. The van der Waals surface area contributed by atoms with E-state index in [1.54, 1.807) is 0 Å². The molecule has 0 nitrogen and oxygen atoms in total. The highest BCUT2D eigenvalue weighted by atomic mass is 14.1. The van der Waals surface area contributed by atoms with Gasteiger partial charge in [-0.1, -0.05) is 63.8 Å². The molecule has 0 atom stereocenters. The summed E-state index contributed by atoms with van der Waals surface area (Å²) in [5.41, 5.74) is 3.88. The average Bonchev–Trinajstić information content (AvgIpc) is 2.26. The zero-order valence-electron chi connectivity index (χ0n) is 9.96. The van der Waals surface area contributed by atoms with Gasteiger partial charge in [-0.3, -0.25) is 0 Å². The Bertz CT molecular complexity index is 339. The molecule has 0 aliphatic carbocycles. The van der Waals surface area contributed by atoms with Crippen molar-refractivity contribution in [3.05, 3.63) is 54.1 Å². The first kappa shape index (κ1) is 11.8. The minimum atomic E-state index is 0.599. The van der Waals surface area contributed by atoms with Gasteiger partial charge < -0.3 is 0 Å². The molecule has 0 saturated carbocycles. The average molecular weight is 200 g/mol. The van der Waals surface area contributed by atoms with Crippen molar-refractivity contribution in [1.82, 2.24) is 0 Å². The first-order valence-corrected chi connectivity index (χ1v) is 5.62. The second-order valence-electron chi connectivity index (χ2n) is 4.05. The molecule has 1 rings (SSSR count). The Morgan fingerprint density at radius 1 is 1.27 bits per heavy atom. The molecule has 0 aliphatic heterocycles. The summed E-state index contributed by atoms with van der Waals surface area (Å²) in [4.78, 5) is 0. The normalized spacial score (nSPS) is 11.9. The van der Waals surface area contributed by atoms with E-state index < -0.39 is 0 Å². The van der Waals surface area contributed by atoms with Gasteiger partial charge in [-0.05, 0) is 29.0 Å². The molecular formula is C15H20. The minimum absolute atomic E-state index is 0.599. The molecule has 1 aromatic carbocycles. The van der Waals surface area contributed by atoms with Crippen molar-refractivity contribution in [2.24, 2.45) is 0 Å². The van der Waals surface area contributed by atoms with Crippen molar-refractivity contribution in [3.63, 3.8) is 0 Å². The lowest BCUT2D eigenvalue weighted by Crippen LogP contribution is -1.88. The third-order valence-electron chi connectivity index (χ3n) is 2.55. The van der Waals surface area contributed by atoms with Crippen LogP contribution < -0.4 is 0 Å². The molecule has 0 N–H and O–H groups in total. The van der Waals surface area contributed by atoms with Crippen LogP contribution in [0.15, 0.2) is 43.0 Å². The molecule has 0 heterocycles.